The molecule has 7 nitrogen and oxygen atoms in total. The molecule has 0 heterocycles. The number of benzene rings is 2. The molecule has 2 amide bonds. The first-order chi connectivity index (χ1) is 14.2. The molecule has 0 fully saturated rings. The second-order valence-electron chi connectivity index (χ2n) is 7.71. The third kappa shape index (κ3) is 7.58. The van der Waals surface area contributed by atoms with Gasteiger partial charge in [-0.1, -0.05) is 48.5 Å². The summed E-state index contributed by atoms with van der Waals surface area (Å²) >= 11 is 0. The molecule has 160 valence electrons. The average molecular weight is 412 g/mol. The zero-order valence-electron chi connectivity index (χ0n) is 17.7. The lowest BCUT2D eigenvalue weighted by Crippen LogP contribution is -2.35. The molecule has 0 aliphatic carbocycles. The number of nitrogens with one attached hydrogen (secondary N) is 2. The van der Waals surface area contributed by atoms with Gasteiger partial charge in [0.1, 0.15) is 5.60 Å². The maximum atomic E-state index is 12.5. The Morgan fingerprint density at radius 1 is 0.967 bits per heavy atom. The zero-order chi connectivity index (χ0) is 22.1. The van der Waals surface area contributed by atoms with Crippen molar-refractivity contribution < 1.29 is 23.9 Å². The summed E-state index contributed by atoms with van der Waals surface area (Å²) in [5.41, 5.74) is 1.84. The molecule has 1 atom stereocenters. The maximum absolute atomic E-state index is 12.5. The van der Waals surface area contributed by atoms with Crippen molar-refractivity contribution >= 4 is 23.7 Å². The van der Waals surface area contributed by atoms with E-state index in [9.17, 15) is 14.4 Å². The van der Waals surface area contributed by atoms with Crippen molar-refractivity contribution in [2.45, 2.75) is 45.8 Å². The van der Waals surface area contributed by atoms with Gasteiger partial charge in [0.15, 0.2) is 6.10 Å². The molecule has 0 spiro atoms. The van der Waals surface area contributed by atoms with Crippen LogP contribution in [-0.4, -0.2) is 36.2 Å². The van der Waals surface area contributed by atoms with Crippen LogP contribution in [0.5, 0.6) is 0 Å². The largest absolute Gasteiger partial charge is 0.452 e. The molecule has 2 N–H and O–H groups in total. The van der Waals surface area contributed by atoms with Crippen LogP contribution in [0, 0.1) is 0 Å². The summed E-state index contributed by atoms with van der Waals surface area (Å²) in [6.07, 6.45) is -1.67. The summed E-state index contributed by atoms with van der Waals surface area (Å²) in [5, 5.41) is 5.28. The molecule has 2 aromatic carbocycles. The van der Waals surface area contributed by atoms with Crippen molar-refractivity contribution in [1.82, 2.24) is 5.32 Å². The summed E-state index contributed by atoms with van der Waals surface area (Å²) in [6, 6.07) is 17.1. The lowest BCUT2D eigenvalue weighted by molar-refractivity contribution is -0.153. The Kier molecular flexibility index (Phi) is 7.98. The number of anilines is 1. The normalized spacial score (nSPS) is 11.9. The van der Waals surface area contributed by atoms with E-state index in [1.54, 1.807) is 26.8 Å². The SMILES string of the molecule is C[C@@H](OC(=O)CCNC(=O)OC(C)(C)C)C(=O)Nc1ccccc1-c1ccccc1. The number of amides is 2. The standard InChI is InChI=1S/C23H28N2O5/c1-16(29-20(26)14-15-24-22(28)30-23(2,3)4)21(27)25-19-13-9-8-12-18(19)17-10-6-5-7-11-17/h5-13,16H,14-15H2,1-4H3,(H,24,28)(H,25,27)/t16-/m1/s1. The Balaban J connectivity index is 1.86. The molecule has 0 saturated heterocycles. The number of alkyl carbamates (subject to hydrolysis) is 1. The van der Waals surface area contributed by atoms with E-state index in [0.29, 0.717) is 5.69 Å². The number of esters is 1. The predicted molar refractivity (Wildman–Crippen MR) is 115 cm³/mol. The third-order valence-electron chi connectivity index (χ3n) is 3.94. The summed E-state index contributed by atoms with van der Waals surface area (Å²) in [5.74, 6) is -1.03. The summed E-state index contributed by atoms with van der Waals surface area (Å²) < 4.78 is 10.3. The van der Waals surface area contributed by atoms with Crippen molar-refractivity contribution in [2.75, 3.05) is 11.9 Å². The van der Waals surface area contributed by atoms with Crippen LogP contribution in [0.1, 0.15) is 34.1 Å². The molecule has 0 aliphatic heterocycles. The second-order valence-corrected chi connectivity index (χ2v) is 7.71. The first-order valence-electron chi connectivity index (χ1n) is 9.77. The molecule has 0 aromatic heterocycles. The van der Waals surface area contributed by atoms with Gasteiger partial charge in [-0.15, -0.1) is 0 Å². The Morgan fingerprint density at radius 2 is 1.60 bits per heavy atom. The first-order valence-corrected chi connectivity index (χ1v) is 9.77. The van der Waals surface area contributed by atoms with Crippen molar-refractivity contribution in [3.05, 3.63) is 54.6 Å². The van der Waals surface area contributed by atoms with E-state index in [4.69, 9.17) is 9.47 Å². The predicted octanol–water partition coefficient (Wildman–Crippen LogP) is 4.14. The van der Waals surface area contributed by atoms with Gasteiger partial charge in [-0.3, -0.25) is 9.59 Å². The molecular formula is C23H28N2O5. The lowest BCUT2D eigenvalue weighted by atomic mass is 10.0. The highest BCUT2D eigenvalue weighted by molar-refractivity contribution is 5.98. The van der Waals surface area contributed by atoms with E-state index in [-0.39, 0.29) is 13.0 Å². The van der Waals surface area contributed by atoms with Crippen LogP contribution in [0.2, 0.25) is 0 Å². The van der Waals surface area contributed by atoms with E-state index in [1.807, 2.05) is 48.5 Å². The highest BCUT2D eigenvalue weighted by Crippen LogP contribution is 2.27. The molecule has 0 saturated carbocycles. The highest BCUT2D eigenvalue weighted by Gasteiger charge is 2.20. The van der Waals surface area contributed by atoms with Crippen LogP contribution in [0.3, 0.4) is 0 Å². The summed E-state index contributed by atoms with van der Waals surface area (Å²) in [7, 11) is 0. The Bertz CT molecular complexity index is 875. The van der Waals surface area contributed by atoms with Gasteiger partial charge in [-0.25, -0.2) is 4.79 Å². The molecule has 0 aliphatic rings. The molecule has 0 radical (unpaired) electrons. The monoisotopic (exact) mass is 412 g/mol. The van der Waals surface area contributed by atoms with Crippen LogP contribution >= 0.6 is 0 Å². The van der Waals surface area contributed by atoms with Crippen molar-refractivity contribution in [3.63, 3.8) is 0 Å². The fourth-order valence-corrected chi connectivity index (χ4v) is 2.59. The minimum atomic E-state index is -0.983. The van der Waals surface area contributed by atoms with Gasteiger partial charge in [0.05, 0.1) is 6.42 Å². The van der Waals surface area contributed by atoms with E-state index < -0.39 is 29.7 Å². The Hall–Kier alpha value is -3.35. The van der Waals surface area contributed by atoms with Gasteiger partial charge < -0.3 is 20.1 Å². The van der Waals surface area contributed by atoms with Crippen molar-refractivity contribution in [1.29, 1.82) is 0 Å². The van der Waals surface area contributed by atoms with E-state index in [0.717, 1.165) is 11.1 Å². The van der Waals surface area contributed by atoms with Crippen LogP contribution in [0.4, 0.5) is 10.5 Å². The number of ether oxygens (including phenoxy) is 2. The fraction of sp³-hybridized carbons (Fsp3) is 0.348. The Labute approximate surface area is 176 Å². The number of carbonyl (C=O) groups excluding carboxylic acids is 3. The van der Waals surface area contributed by atoms with Gasteiger partial charge in [-0.2, -0.15) is 0 Å². The van der Waals surface area contributed by atoms with Crippen molar-refractivity contribution in [2.24, 2.45) is 0 Å². The minimum Gasteiger partial charge on any atom is -0.452 e. The van der Waals surface area contributed by atoms with Crippen LogP contribution in [0.15, 0.2) is 54.6 Å². The smallest absolute Gasteiger partial charge is 0.407 e. The van der Waals surface area contributed by atoms with Gasteiger partial charge in [0.2, 0.25) is 0 Å². The maximum Gasteiger partial charge on any atom is 0.407 e. The van der Waals surface area contributed by atoms with Crippen molar-refractivity contribution in [3.8, 4) is 11.1 Å². The van der Waals surface area contributed by atoms with E-state index >= 15 is 0 Å². The molecule has 0 unspecified atom stereocenters. The number of hydrogen-bond donors (Lipinski definition) is 2. The quantitative estimate of drug-likeness (QED) is 0.667. The number of carbonyl (C=O) groups is 3. The Morgan fingerprint density at radius 3 is 2.27 bits per heavy atom. The zero-order valence-corrected chi connectivity index (χ0v) is 17.7. The molecule has 2 aromatic rings. The molecule has 0 bridgehead atoms. The molecule has 7 heteroatoms. The van der Waals surface area contributed by atoms with Crippen LogP contribution < -0.4 is 10.6 Å². The van der Waals surface area contributed by atoms with E-state index in [2.05, 4.69) is 10.6 Å². The number of para-hydroxylation sites is 1. The van der Waals surface area contributed by atoms with Crippen LogP contribution in [0.25, 0.3) is 11.1 Å². The molecule has 2 rings (SSSR count). The minimum absolute atomic E-state index is 0.0545. The number of rotatable bonds is 7. The number of hydrogen-bond acceptors (Lipinski definition) is 5. The van der Waals surface area contributed by atoms with Gasteiger partial charge in [0.25, 0.3) is 5.91 Å². The van der Waals surface area contributed by atoms with Gasteiger partial charge in [-0.05, 0) is 39.3 Å². The molecular weight excluding hydrogens is 384 g/mol. The summed E-state index contributed by atoms with van der Waals surface area (Å²) in [6.45, 7) is 6.80. The third-order valence-corrected chi connectivity index (χ3v) is 3.94. The lowest BCUT2D eigenvalue weighted by Gasteiger charge is -2.19. The van der Waals surface area contributed by atoms with E-state index in [1.165, 1.54) is 6.92 Å². The topological polar surface area (TPSA) is 93.7 Å². The summed E-state index contributed by atoms with van der Waals surface area (Å²) in [4.78, 5) is 36.0. The first kappa shape index (κ1) is 22.9. The second kappa shape index (κ2) is 10.4. The molecule has 30 heavy (non-hydrogen) atoms. The van der Waals surface area contributed by atoms with Crippen LogP contribution in [-0.2, 0) is 19.1 Å². The van der Waals surface area contributed by atoms with Gasteiger partial charge in [0, 0.05) is 17.8 Å². The highest BCUT2D eigenvalue weighted by atomic mass is 16.6. The fourth-order valence-electron chi connectivity index (χ4n) is 2.59. The average Bonchev–Trinajstić information content (AvgIpc) is 2.67. The van der Waals surface area contributed by atoms with Gasteiger partial charge >= 0.3 is 12.1 Å².